The Hall–Kier alpha value is -0.580. The number of benzene rings is 1. The predicted octanol–water partition coefficient (Wildman–Crippen LogP) is 2.34. The smallest absolute Gasteiger partial charge is 0.138 e. The summed E-state index contributed by atoms with van der Waals surface area (Å²) in [4.78, 5) is 2.37. The van der Waals surface area contributed by atoms with Crippen molar-refractivity contribution in [3.8, 4) is 5.75 Å². The Labute approximate surface area is 110 Å². The van der Waals surface area contributed by atoms with Crippen molar-refractivity contribution in [2.75, 3.05) is 19.7 Å². The first-order chi connectivity index (χ1) is 8.27. The third-order valence-corrected chi connectivity index (χ3v) is 4.24. The van der Waals surface area contributed by atoms with E-state index >= 15 is 0 Å². The lowest BCUT2D eigenvalue weighted by Gasteiger charge is -2.36. The standard InChI is InChI=1S/C13H16BrNO2/c14-10-5-3-4-9-12(15-6-1-2-7-15)11(16)8-17-13(9)10/h3-5,11-12,16H,1-2,6-8H2. The molecule has 0 amide bonds. The van der Waals surface area contributed by atoms with E-state index in [1.54, 1.807) is 0 Å². The van der Waals surface area contributed by atoms with Crippen molar-refractivity contribution < 1.29 is 9.84 Å². The van der Waals surface area contributed by atoms with Crippen molar-refractivity contribution in [2.45, 2.75) is 25.0 Å². The molecule has 4 heteroatoms. The molecule has 3 nitrogen and oxygen atoms in total. The van der Waals surface area contributed by atoms with E-state index in [4.69, 9.17) is 4.74 Å². The molecule has 0 bridgehead atoms. The van der Waals surface area contributed by atoms with Gasteiger partial charge in [-0.2, -0.15) is 0 Å². The van der Waals surface area contributed by atoms with Gasteiger partial charge in [0.25, 0.3) is 0 Å². The number of hydrogen-bond acceptors (Lipinski definition) is 3. The molecule has 1 N–H and O–H groups in total. The number of nitrogens with zero attached hydrogens (tertiary/aromatic N) is 1. The van der Waals surface area contributed by atoms with Crippen LogP contribution in [0.3, 0.4) is 0 Å². The first kappa shape index (κ1) is 11.5. The van der Waals surface area contributed by atoms with Crippen LogP contribution in [-0.2, 0) is 0 Å². The third kappa shape index (κ3) is 1.98. The molecule has 17 heavy (non-hydrogen) atoms. The van der Waals surface area contributed by atoms with Crippen molar-refractivity contribution in [2.24, 2.45) is 0 Å². The fraction of sp³-hybridized carbons (Fsp3) is 0.538. The van der Waals surface area contributed by atoms with E-state index in [9.17, 15) is 5.11 Å². The number of aliphatic hydroxyl groups is 1. The van der Waals surface area contributed by atoms with Crippen molar-refractivity contribution >= 4 is 15.9 Å². The molecule has 2 atom stereocenters. The van der Waals surface area contributed by atoms with Crippen LogP contribution in [0.5, 0.6) is 5.75 Å². The largest absolute Gasteiger partial charge is 0.489 e. The van der Waals surface area contributed by atoms with Gasteiger partial charge in [-0.05, 0) is 47.9 Å². The molecule has 2 aliphatic rings. The average Bonchev–Trinajstić information content (AvgIpc) is 2.82. The normalized spacial score (nSPS) is 28.8. The highest BCUT2D eigenvalue weighted by Gasteiger charge is 2.35. The van der Waals surface area contributed by atoms with Crippen LogP contribution in [0.25, 0.3) is 0 Å². The highest BCUT2D eigenvalue weighted by atomic mass is 79.9. The quantitative estimate of drug-likeness (QED) is 0.864. The zero-order valence-corrected chi connectivity index (χ0v) is 11.2. The number of aliphatic hydroxyl groups excluding tert-OH is 1. The number of likely N-dealkylation sites (tertiary alicyclic amines) is 1. The van der Waals surface area contributed by atoms with Gasteiger partial charge >= 0.3 is 0 Å². The fourth-order valence-electron chi connectivity index (χ4n) is 2.84. The topological polar surface area (TPSA) is 32.7 Å². The lowest BCUT2D eigenvalue weighted by atomic mass is 9.97. The van der Waals surface area contributed by atoms with Crippen LogP contribution in [0, 0.1) is 0 Å². The maximum Gasteiger partial charge on any atom is 0.138 e. The van der Waals surface area contributed by atoms with Crippen LogP contribution in [0.1, 0.15) is 24.4 Å². The molecule has 2 aliphatic heterocycles. The summed E-state index contributed by atoms with van der Waals surface area (Å²) in [7, 11) is 0. The molecule has 0 aromatic heterocycles. The van der Waals surface area contributed by atoms with E-state index in [0.717, 1.165) is 28.9 Å². The third-order valence-electron chi connectivity index (χ3n) is 3.61. The summed E-state index contributed by atoms with van der Waals surface area (Å²) >= 11 is 3.51. The van der Waals surface area contributed by atoms with Crippen LogP contribution in [0.15, 0.2) is 22.7 Å². The van der Waals surface area contributed by atoms with Gasteiger partial charge in [0, 0.05) is 5.56 Å². The molecular weight excluding hydrogens is 282 g/mol. The fourth-order valence-corrected chi connectivity index (χ4v) is 3.33. The number of para-hydroxylation sites is 1. The summed E-state index contributed by atoms with van der Waals surface area (Å²) in [5.41, 5.74) is 1.11. The zero-order chi connectivity index (χ0) is 11.8. The average molecular weight is 298 g/mol. The number of ether oxygens (including phenoxy) is 1. The summed E-state index contributed by atoms with van der Waals surface area (Å²) in [6.07, 6.45) is 2.04. The van der Waals surface area contributed by atoms with E-state index in [0.29, 0.717) is 6.61 Å². The number of hydrogen-bond donors (Lipinski definition) is 1. The van der Waals surface area contributed by atoms with Crippen LogP contribution < -0.4 is 4.74 Å². The van der Waals surface area contributed by atoms with E-state index in [1.807, 2.05) is 12.1 Å². The molecule has 92 valence electrons. The maximum atomic E-state index is 10.2. The maximum absolute atomic E-state index is 10.2. The Bertz CT molecular complexity index is 418. The molecule has 1 aromatic rings. The van der Waals surface area contributed by atoms with Gasteiger partial charge in [0.15, 0.2) is 0 Å². The second-order valence-electron chi connectivity index (χ2n) is 4.72. The minimum Gasteiger partial charge on any atom is -0.489 e. The van der Waals surface area contributed by atoms with Gasteiger partial charge in [0.05, 0.1) is 10.5 Å². The van der Waals surface area contributed by atoms with E-state index in [1.165, 1.54) is 12.8 Å². The molecule has 0 saturated carbocycles. The second-order valence-corrected chi connectivity index (χ2v) is 5.58. The summed E-state index contributed by atoms with van der Waals surface area (Å²) in [6, 6.07) is 6.15. The SMILES string of the molecule is OC1COc2c(Br)cccc2C1N1CCCC1. The monoisotopic (exact) mass is 297 g/mol. The Kier molecular flexibility index (Phi) is 3.11. The summed E-state index contributed by atoms with van der Waals surface area (Å²) < 4.78 is 6.61. The van der Waals surface area contributed by atoms with Crippen molar-refractivity contribution in [3.63, 3.8) is 0 Å². The molecule has 0 radical (unpaired) electrons. The molecule has 0 spiro atoms. The Morgan fingerprint density at radius 2 is 2.06 bits per heavy atom. The highest BCUT2D eigenvalue weighted by molar-refractivity contribution is 9.10. The number of halogens is 1. The molecular formula is C13H16BrNO2. The van der Waals surface area contributed by atoms with Gasteiger partial charge in [0.1, 0.15) is 18.5 Å². The first-order valence-electron chi connectivity index (χ1n) is 6.10. The van der Waals surface area contributed by atoms with Crippen LogP contribution in [0.2, 0.25) is 0 Å². The van der Waals surface area contributed by atoms with Crippen LogP contribution in [0.4, 0.5) is 0 Å². The van der Waals surface area contributed by atoms with Gasteiger partial charge in [-0.15, -0.1) is 0 Å². The molecule has 1 aromatic carbocycles. The second kappa shape index (κ2) is 4.59. The van der Waals surface area contributed by atoms with Gasteiger partial charge in [-0.3, -0.25) is 4.90 Å². The lowest BCUT2D eigenvalue weighted by molar-refractivity contribution is 0.00840. The van der Waals surface area contributed by atoms with Crippen molar-refractivity contribution in [1.29, 1.82) is 0 Å². The summed E-state index contributed by atoms with van der Waals surface area (Å²) in [5, 5.41) is 10.2. The van der Waals surface area contributed by atoms with Gasteiger partial charge in [0.2, 0.25) is 0 Å². The lowest BCUT2D eigenvalue weighted by Crippen LogP contribution is -2.41. The summed E-state index contributed by atoms with van der Waals surface area (Å²) in [6.45, 7) is 2.54. The van der Waals surface area contributed by atoms with E-state index in [-0.39, 0.29) is 6.04 Å². The Morgan fingerprint density at radius 1 is 1.29 bits per heavy atom. The summed E-state index contributed by atoms with van der Waals surface area (Å²) in [5.74, 6) is 0.898. The van der Waals surface area contributed by atoms with Crippen molar-refractivity contribution in [1.82, 2.24) is 4.90 Å². The minimum absolute atomic E-state index is 0.0961. The highest BCUT2D eigenvalue weighted by Crippen LogP contribution is 2.41. The number of rotatable bonds is 1. The molecule has 2 unspecified atom stereocenters. The Balaban J connectivity index is 2.00. The van der Waals surface area contributed by atoms with E-state index in [2.05, 4.69) is 26.9 Å². The van der Waals surface area contributed by atoms with E-state index < -0.39 is 6.10 Å². The zero-order valence-electron chi connectivity index (χ0n) is 9.60. The molecule has 2 heterocycles. The molecule has 3 rings (SSSR count). The van der Waals surface area contributed by atoms with Gasteiger partial charge in [-0.25, -0.2) is 0 Å². The molecule has 1 saturated heterocycles. The van der Waals surface area contributed by atoms with Crippen LogP contribution >= 0.6 is 15.9 Å². The van der Waals surface area contributed by atoms with Crippen molar-refractivity contribution in [3.05, 3.63) is 28.2 Å². The van der Waals surface area contributed by atoms with Gasteiger partial charge in [-0.1, -0.05) is 12.1 Å². The predicted molar refractivity (Wildman–Crippen MR) is 69.2 cm³/mol. The molecule has 0 aliphatic carbocycles. The molecule has 1 fully saturated rings. The minimum atomic E-state index is -0.421. The first-order valence-corrected chi connectivity index (χ1v) is 6.90. The number of fused-ring (bicyclic) bond motifs is 1. The Morgan fingerprint density at radius 3 is 2.82 bits per heavy atom. The van der Waals surface area contributed by atoms with Crippen LogP contribution in [-0.4, -0.2) is 35.8 Å². The van der Waals surface area contributed by atoms with Gasteiger partial charge < -0.3 is 9.84 Å².